The molecule has 0 aromatic heterocycles. The van der Waals surface area contributed by atoms with Crippen LogP contribution in [-0.4, -0.2) is 65.8 Å². The number of benzene rings is 2. The molecular weight excluding hydrogens is 369 g/mol. The second-order valence-electron chi connectivity index (χ2n) is 7.77. The summed E-state index contributed by atoms with van der Waals surface area (Å²) < 4.78 is 13.0. The summed E-state index contributed by atoms with van der Waals surface area (Å²) >= 11 is 0. The largest absolute Gasteiger partial charge is 0.339 e. The second-order valence-corrected chi connectivity index (χ2v) is 7.77. The Balaban J connectivity index is 1.28. The van der Waals surface area contributed by atoms with Crippen LogP contribution < -0.4 is 0 Å². The standard InChI is InChI=1S/C23H26FN3O2/c24-21-9-7-20(8-10-21)23(29)27-15-13-25(14-16-27)17-18-3-5-19(6-4-18)22(28)26-11-1-2-12-26/h3-10H,1-2,11-17H2. The maximum Gasteiger partial charge on any atom is 0.253 e. The molecule has 0 N–H and O–H groups in total. The van der Waals surface area contributed by atoms with Crippen LogP contribution in [0.2, 0.25) is 0 Å². The van der Waals surface area contributed by atoms with Crippen LogP contribution in [0.5, 0.6) is 0 Å². The first-order chi connectivity index (χ1) is 14.1. The molecule has 4 rings (SSSR count). The van der Waals surface area contributed by atoms with E-state index in [0.29, 0.717) is 18.7 Å². The van der Waals surface area contributed by atoms with Gasteiger partial charge in [0.2, 0.25) is 0 Å². The smallest absolute Gasteiger partial charge is 0.253 e. The molecule has 0 atom stereocenters. The summed E-state index contributed by atoms with van der Waals surface area (Å²) in [5.74, 6) is -0.254. The lowest BCUT2D eigenvalue weighted by molar-refractivity contribution is 0.0628. The summed E-state index contributed by atoms with van der Waals surface area (Å²) in [5.41, 5.74) is 2.45. The predicted molar refractivity (Wildman–Crippen MR) is 109 cm³/mol. The maximum atomic E-state index is 13.0. The first kappa shape index (κ1) is 19.6. The summed E-state index contributed by atoms with van der Waals surface area (Å²) in [6.45, 7) is 5.42. The molecule has 2 heterocycles. The predicted octanol–water partition coefficient (Wildman–Crippen LogP) is 3.02. The van der Waals surface area contributed by atoms with Gasteiger partial charge in [-0.2, -0.15) is 0 Å². The molecule has 0 bridgehead atoms. The monoisotopic (exact) mass is 395 g/mol. The molecule has 0 unspecified atom stereocenters. The van der Waals surface area contributed by atoms with Gasteiger partial charge in [0.25, 0.3) is 11.8 Å². The zero-order valence-electron chi connectivity index (χ0n) is 16.5. The van der Waals surface area contributed by atoms with E-state index in [1.807, 2.05) is 34.1 Å². The highest BCUT2D eigenvalue weighted by Crippen LogP contribution is 2.16. The molecule has 0 radical (unpaired) electrons. The quantitative estimate of drug-likeness (QED) is 0.799. The zero-order chi connectivity index (χ0) is 20.2. The van der Waals surface area contributed by atoms with Gasteiger partial charge in [-0.05, 0) is 54.8 Å². The molecule has 2 aromatic carbocycles. The number of carbonyl (C=O) groups excluding carboxylic acids is 2. The highest BCUT2D eigenvalue weighted by atomic mass is 19.1. The Hall–Kier alpha value is -2.73. The first-order valence-corrected chi connectivity index (χ1v) is 10.3. The normalized spacial score (nSPS) is 17.6. The zero-order valence-corrected chi connectivity index (χ0v) is 16.5. The first-order valence-electron chi connectivity index (χ1n) is 10.3. The molecule has 2 aliphatic rings. The third-order valence-electron chi connectivity index (χ3n) is 5.75. The van der Waals surface area contributed by atoms with E-state index in [0.717, 1.165) is 51.1 Å². The number of likely N-dealkylation sites (tertiary alicyclic amines) is 1. The molecule has 6 heteroatoms. The van der Waals surface area contributed by atoms with E-state index < -0.39 is 0 Å². The topological polar surface area (TPSA) is 43.9 Å². The van der Waals surface area contributed by atoms with E-state index in [-0.39, 0.29) is 17.6 Å². The number of nitrogens with zero attached hydrogens (tertiary/aromatic N) is 3. The molecule has 0 aliphatic carbocycles. The van der Waals surface area contributed by atoms with Crippen LogP contribution in [0.25, 0.3) is 0 Å². The molecule has 2 saturated heterocycles. The van der Waals surface area contributed by atoms with E-state index in [1.54, 1.807) is 0 Å². The van der Waals surface area contributed by atoms with E-state index in [9.17, 15) is 14.0 Å². The molecule has 2 amide bonds. The number of hydrogen-bond donors (Lipinski definition) is 0. The number of rotatable bonds is 4. The summed E-state index contributed by atoms with van der Waals surface area (Å²) in [4.78, 5) is 31.0. The average Bonchev–Trinajstić information content (AvgIpc) is 3.29. The Labute approximate surface area is 170 Å². The van der Waals surface area contributed by atoms with Crippen molar-refractivity contribution in [2.45, 2.75) is 19.4 Å². The number of carbonyl (C=O) groups is 2. The summed E-state index contributed by atoms with van der Waals surface area (Å²) in [5, 5.41) is 0. The van der Waals surface area contributed by atoms with Gasteiger partial charge in [-0.3, -0.25) is 14.5 Å². The van der Waals surface area contributed by atoms with Gasteiger partial charge in [0.05, 0.1) is 0 Å². The SMILES string of the molecule is O=C(c1ccc(CN2CCN(C(=O)c3ccc(F)cc3)CC2)cc1)N1CCCC1. The summed E-state index contributed by atoms with van der Waals surface area (Å²) in [7, 11) is 0. The van der Waals surface area contributed by atoms with Crippen molar-refractivity contribution < 1.29 is 14.0 Å². The van der Waals surface area contributed by atoms with E-state index >= 15 is 0 Å². The lowest BCUT2D eigenvalue weighted by Crippen LogP contribution is -2.48. The average molecular weight is 395 g/mol. The van der Waals surface area contributed by atoms with Gasteiger partial charge in [-0.25, -0.2) is 4.39 Å². The highest BCUT2D eigenvalue weighted by molar-refractivity contribution is 5.94. The maximum absolute atomic E-state index is 13.0. The Morgan fingerprint density at radius 1 is 0.690 bits per heavy atom. The third-order valence-corrected chi connectivity index (χ3v) is 5.75. The number of amides is 2. The molecule has 2 aliphatic heterocycles. The van der Waals surface area contributed by atoms with Crippen molar-refractivity contribution in [1.29, 1.82) is 0 Å². The molecule has 0 spiro atoms. The van der Waals surface area contributed by atoms with Crippen molar-refractivity contribution in [3.8, 4) is 0 Å². The second kappa shape index (κ2) is 8.74. The molecule has 2 aromatic rings. The van der Waals surface area contributed by atoms with E-state index in [2.05, 4.69) is 4.90 Å². The third kappa shape index (κ3) is 4.65. The van der Waals surface area contributed by atoms with Gasteiger partial charge in [-0.15, -0.1) is 0 Å². The van der Waals surface area contributed by atoms with Crippen LogP contribution in [0.1, 0.15) is 39.1 Å². The summed E-state index contributed by atoms with van der Waals surface area (Å²) in [6.07, 6.45) is 2.19. The van der Waals surface area contributed by atoms with Crippen molar-refractivity contribution in [2.24, 2.45) is 0 Å². The lowest BCUT2D eigenvalue weighted by atomic mass is 10.1. The summed E-state index contributed by atoms with van der Waals surface area (Å²) in [6, 6.07) is 13.6. The van der Waals surface area contributed by atoms with Crippen molar-refractivity contribution >= 4 is 11.8 Å². The van der Waals surface area contributed by atoms with Crippen molar-refractivity contribution in [3.63, 3.8) is 0 Å². The molecule has 5 nitrogen and oxygen atoms in total. The molecule has 2 fully saturated rings. The van der Waals surface area contributed by atoms with Gasteiger partial charge in [0.15, 0.2) is 0 Å². The Kier molecular flexibility index (Phi) is 5.90. The Bertz CT molecular complexity index is 853. The molecule has 152 valence electrons. The number of hydrogen-bond acceptors (Lipinski definition) is 3. The minimum atomic E-state index is -0.334. The molecule has 0 saturated carbocycles. The highest BCUT2D eigenvalue weighted by Gasteiger charge is 2.23. The van der Waals surface area contributed by atoms with Crippen LogP contribution in [0.3, 0.4) is 0 Å². The van der Waals surface area contributed by atoms with Gasteiger partial charge < -0.3 is 9.80 Å². The van der Waals surface area contributed by atoms with Crippen LogP contribution in [0, 0.1) is 5.82 Å². The Morgan fingerprint density at radius 3 is 1.72 bits per heavy atom. The number of piperazine rings is 1. The fourth-order valence-corrected chi connectivity index (χ4v) is 4.00. The van der Waals surface area contributed by atoms with Crippen LogP contribution in [0.15, 0.2) is 48.5 Å². The molecule has 29 heavy (non-hydrogen) atoms. The molecular formula is C23H26FN3O2. The van der Waals surface area contributed by atoms with Gasteiger partial charge >= 0.3 is 0 Å². The van der Waals surface area contributed by atoms with Gasteiger partial charge in [0.1, 0.15) is 5.82 Å². The van der Waals surface area contributed by atoms with Crippen LogP contribution in [0.4, 0.5) is 4.39 Å². The Morgan fingerprint density at radius 2 is 1.17 bits per heavy atom. The van der Waals surface area contributed by atoms with Gasteiger partial charge in [-0.1, -0.05) is 12.1 Å². The fraction of sp³-hybridized carbons (Fsp3) is 0.391. The van der Waals surface area contributed by atoms with Crippen LogP contribution >= 0.6 is 0 Å². The van der Waals surface area contributed by atoms with Crippen molar-refractivity contribution in [1.82, 2.24) is 14.7 Å². The van der Waals surface area contributed by atoms with Crippen molar-refractivity contribution in [3.05, 3.63) is 71.0 Å². The van der Waals surface area contributed by atoms with Crippen LogP contribution in [-0.2, 0) is 6.54 Å². The van der Waals surface area contributed by atoms with E-state index in [4.69, 9.17) is 0 Å². The lowest BCUT2D eigenvalue weighted by Gasteiger charge is -2.34. The van der Waals surface area contributed by atoms with Crippen molar-refractivity contribution in [2.75, 3.05) is 39.3 Å². The minimum absolute atomic E-state index is 0.0468. The van der Waals surface area contributed by atoms with E-state index in [1.165, 1.54) is 29.8 Å². The number of halogens is 1. The fourth-order valence-electron chi connectivity index (χ4n) is 4.00. The van der Waals surface area contributed by atoms with Gasteiger partial charge in [0, 0.05) is 56.9 Å². The minimum Gasteiger partial charge on any atom is -0.339 e.